The van der Waals surface area contributed by atoms with Crippen LogP contribution in [0.15, 0.2) is 12.7 Å². The molecule has 0 aromatic heterocycles. The van der Waals surface area contributed by atoms with Crippen molar-refractivity contribution in [2.45, 2.75) is 70.3 Å². The first-order valence-corrected chi connectivity index (χ1v) is 8.67. The molecule has 1 atom stereocenters. The van der Waals surface area contributed by atoms with Crippen molar-refractivity contribution >= 4 is 11.9 Å². The predicted molar refractivity (Wildman–Crippen MR) is 89.7 cm³/mol. The van der Waals surface area contributed by atoms with E-state index in [4.69, 9.17) is 0 Å². The van der Waals surface area contributed by atoms with E-state index in [1.54, 1.807) is 0 Å². The Balaban J connectivity index is 1.98. The summed E-state index contributed by atoms with van der Waals surface area (Å²) < 4.78 is 0. The smallest absolute Gasteiger partial charge is 0.315 e. The molecule has 0 saturated carbocycles. The number of hydrogen-bond donors (Lipinski definition) is 3. The molecule has 1 aliphatic heterocycles. The van der Waals surface area contributed by atoms with Gasteiger partial charge in [-0.3, -0.25) is 4.79 Å². The zero-order chi connectivity index (χ0) is 16.0. The van der Waals surface area contributed by atoms with Crippen LogP contribution in [0.5, 0.6) is 0 Å². The van der Waals surface area contributed by atoms with Crippen LogP contribution in [0.25, 0.3) is 0 Å². The highest BCUT2D eigenvalue weighted by atomic mass is 16.2. The molecular weight excluding hydrogens is 278 g/mol. The largest absolute Gasteiger partial charge is 0.354 e. The lowest BCUT2D eigenvalue weighted by Gasteiger charge is -2.15. The van der Waals surface area contributed by atoms with Gasteiger partial charge in [-0.1, -0.05) is 31.8 Å². The summed E-state index contributed by atoms with van der Waals surface area (Å²) in [4.78, 5) is 23.5. The molecule has 0 aliphatic carbocycles. The number of rotatable bonds is 10. The van der Waals surface area contributed by atoms with Crippen LogP contribution < -0.4 is 16.0 Å². The van der Waals surface area contributed by atoms with Gasteiger partial charge in [0.05, 0.1) is 0 Å². The molecule has 0 radical (unpaired) electrons. The highest BCUT2D eigenvalue weighted by molar-refractivity contribution is 5.87. The van der Waals surface area contributed by atoms with Crippen LogP contribution in [0.2, 0.25) is 0 Å². The lowest BCUT2D eigenvalue weighted by molar-refractivity contribution is -0.122. The van der Waals surface area contributed by atoms with Crippen molar-refractivity contribution in [1.29, 1.82) is 0 Å². The minimum absolute atomic E-state index is 0.0628. The predicted octanol–water partition coefficient (Wildman–Crippen LogP) is 2.87. The molecule has 0 spiro atoms. The summed E-state index contributed by atoms with van der Waals surface area (Å²) in [5.41, 5.74) is 0. The third-order valence-electron chi connectivity index (χ3n) is 3.96. The van der Waals surface area contributed by atoms with E-state index < -0.39 is 0 Å². The fourth-order valence-electron chi connectivity index (χ4n) is 2.61. The minimum atomic E-state index is -0.382. The monoisotopic (exact) mass is 309 g/mol. The summed E-state index contributed by atoms with van der Waals surface area (Å²) in [7, 11) is 0. The molecule has 1 saturated heterocycles. The van der Waals surface area contributed by atoms with E-state index in [2.05, 4.69) is 22.5 Å². The van der Waals surface area contributed by atoms with E-state index in [1.807, 2.05) is 6.08 Å². The fraction of sp³-hybridized carbons (Fsp3) is 0.765. The molecular formula is C17H31N3O2. The molecule has 0 aromatic carbocycles. The third kappa shape index (κ3) is 8.70. The molecule has 0 bridgehead atoms. The number of unbranched alkanes of at least 4 members (excludes halogenated alkanes) is 6. The molecule has 1 heterocycles. The zero-order valence-corrected chi connectivity index (χ0v) is 13.7. The van der Waals surface area contributed by atoms with Crippen LogP contribution in [0.1, 0.15) is 64.2 Å². The molecule has 22 heavy (non-hydrogen) atoms. The molecule has 3 amide bonds. The van der Waals surface area contributed by atoms with Crippen molar-refractivity contribution in [2.75, 3.05) is 13.1 Å². The molecule has 5 heteroatoms. The van der Waals surface area contributed by atoms with Crippen molar-refractivity contribution in [1.82, 2.24) is 16.0 Å². The Labute approximate surface area is 134 Å². The van der Waals surface area contributed by atoms with Gasteiger partial charge in [0.25, 0.3) is 0 Å². The maximum absolute atomic E-state index is 11.8. The van der Waals surface area contributed by atoms with Crippen LogP contribution in [0.4, 0.5) is 4.79 Å². The number of urea groups is 1. The number of hydrogen-bond acceptors (Lipinski definition) is 2. The van der Waals surface area contributed by atoms with Gasteiger partial charge in [-0.05, 0) is 38.5 Å². The topological polar surface area (TPSA) is 70.2 Å². The van der Waals surface area contributed by atoms with Crippen LogP contribution >= 0.6 is 0 Å². The number of carbonyl (C=O) groups excluding carboxylic acids is 2. The first kappa shape index (κ1) is 18.5. The van der Waals surface area contributed by atoms with E-state index in [-0.39, 0.29) is 18.0 Å². The van der Waals surface area contributed by atoms with Gasteiger partial charge < -0.3 is 16.0 Å². The molecule has 1 aliphatic rings. The van der Waals surface area contributed by atoms with Gasteiger partial charge in [-0.2, -0.15) is 0 Å². The quantitative estimate of drug-likeness (QED) is 0.429. The molecule has 1 fully saturated rings. The number of carbonyl (C=O) groups is 2. The Morgan fingerprint density at radius 1 is 1.18 bits per heavy atom. The Kier molecular flexibility index (Phi) is 10.2. The maximum atomic E-state index is 11.8. The highest BCUT2D eigenvalue weighted by Crippen LogP contribution is 2.07. The van der Waals surface area contributed by atoms with Crippen molar-refractivity contribution in [3.63, 3.8) is 0 Å². The molecule has 126 valence electrons. The average molecular weight is 309 g/mol. The summed E-state index contributed by atoms with van der Waals surface area (Å²) in [6, 6.07) is -0.611. The highest BCUT2D eigenvalue weighted by Gasteiger charge is 2.21. The summed E-state index contributed by atoms with van der Waals surface area (Å²) in [5.74, 6) is -0.0628. The number of amides is 3. The Morgan fingerprint density at radius 2 is 1.91 bits per heavy atom. The van der Waals surface area contributed by atoms with Gasteiger partial charge in [-0.25, -0.2) is 4.79 Å². The van der Waals surface area contributed by atoms with Crippen LogP contribution in [0.3, 0.4) is 0 Å². The maximum Gasteiger partial charge on any atom is 0.315 e. The zero-order valence-electron chi connectivity index (χ0n) is 13.7. The fourth-order valence-corrected chi connectivity index (χ4v) is 2.61. The number of nitrogens with one attached hydrogen (secondary N) is 3. The van der Waals surface area contributed by atoms with Crippen LogP contribution in [-0.2, 0) is 4.79 Å². The van der Waals surface area contributed by atoms with Gasteiger partial charge >= 0.3 is 6.03 Å². The van der Waals surface area contributed by atoms with E-state index in [1.165, 1.54) is 25.7 Å². The van der Waals surface area contributed by atoms with Gasteiger partial charge in [-0.15, -0.1) is 6.58 Å². The van der Waals surface area contributed by atoms with Gasteiger partial charge in [0.2, 0.25) is 5.91 Å². The molecule has 1 rings (SSSR count). The van der Waals surface area contributed by atoms with Crippen LogP contribution in [0, 0.1) is 0 Å². The average Bonchev–Trinajstić information content (AvgIpc) is 2.71. The lowest BCUT2D eigenvalue weighted by Crippen LogP contribution is -2.49. The second kappa shape index (κ2) is 12.1. The summed E-state index contributed by atoms with van der Waals surface area (Å²) in [6.07, 6.45) is 12.8. The van der Waals surface area contributed by atoms with Gasteiger partial charge in [0.15, 0.2) is 0 Å². The second-order valence-corrected chi connectivity index (χ2v) is 5.94. The molecule has 0 unspecified atom stereocenters. The standard InChI is InChI=1S/C17H31N3O2/c1-2-3-4-5-6-7-8-10-14-19-17(22)20-15-12-9-11-13-18-16(15)21/h2,15H,1,3-14H2,(H,18,21)(H2,19,20,22)/t15-/m0/s1. The Morgan fingerprint density at radius 3 is 2.68 bits per heavy atom. The first-order valence-electron chi connectivity index (χ1n) is 8.67. The lowest BCUT2D eigenvalue weighted by atomic mass is 10.1. The van der Waals surface area contributed by atoms with Crippen molar-refractivity contribution < 1.29 is 9.59 Å². The molecule has 0 aromatic rings. The van der Waals surface area contributed by atoms with E-state index in [0.29, 0.717) is 13.1 Å². The van der Waals surface area contributed by atoms with Crippen LogP contribution in [-0.4, -0.2) is 31.1 Å². The molecule has 5 nitrogen and oxygen atoms in total. The van der Waals surface area contributed by atoms with Crippen molar-refractivity contribution in [3.8, 4) is 0 Å². The summed E-state index contributed by atoms with van der Waals surface area (Å²) >= 11 is 0. The normalized spacial score (nSPS) is 18.2. The third-order valence-corrected chi connectivity index (χ3v) is 3.96. The SMILES string of the molecule is C=CCCCCCCCCNC(=O)N[C@H]1CCCCNC1=O. The Bertz CT molecular complexity index is 345. The van der Waals surface area contributed by atoms with Gasteiger partial charge in [0.1, 0.15) is 6.04 Å². The van der Waals surface area contributed by atoms with Crippen molar-refractivity contribution in [2.24, 2.45) is 0 Å². The van der Waals surface area contributed by atoms with E-state index in [0.717, 1.165) is 38.5 Å². The Hall–Kier alpha value is -1.52. The van der Waals surface area contributed by atoms with E-state index >= 15 is 0 Å². The summed E-state index contributed by atoms with van der Waals surface area (Å²) in [5, 5.41) is 8.42. The summed E-state index contributed by atoms with van der Waals surface area (Å²) in [6.45, 7) is 5.10. The second-order valence-electron chi connectivity index (χ2n) is 5.94. The van der Waals surface area contributed by atoms with Gasteiger partial charge in [0, 0.05) is 13.1 Å². The minimum Gasteiger partial charge on any atom is -0.354 e. The number of allylic oxidation sites excluding steroid dienone is 1. The first-order chi connectivity index (χ1) is 10.7. The van der Waals surface area contributed by atoms with Crippen molar-refractivity contribution in [3.05, 3.63) is 12.7 Å². The molecule has 3 N–H and O–H groups in total. The van der Waals surface area contributed by atoms with E-state index in [9.17, 15) is 9.59 Å².